The van der Waals surface area contributed by atoms with Crippen LogP contribution in [-0.2, 0) is 13.6 Å². The van der Waals surface area contributed by atoms with Crippen molar-refractivity contribution in [3.63, 3.8) is 0 Å². The van der Waals surface area contributed by atoms with E-state index in [0.717, 1.165) is 47.5 Å². The van der Waals surface area contributed by atoms with Crippen molar-refractivity contribution in [2.75, 3.05) is 26.5 Å². The van der Waals surface area contributed by atoms with Gasteiger partial charge in [-0.2, -0.15) is 0 Å². The lowest BCUT2D eigenvalue weighted by molar-refractivity contribution is 0.397. The van der Waals surface area contributed by atoms with Crippen molar-refractivity contribution < 1.29 is 9.47 Å². The van der Waals surface area contributed by atoms with Gasteiger partial charge < -0.3 is 14.8 Å². The highest BCUT2D eigenvalue weighted by molar-refractivity contribution is 7.99. The molecule has 1 aromatic heterocycles. The van der Waals surface area contributed by atoms with Crippen LogP contribution < -0.4 is 14.8 Å². The second-order valence-electron chi connectivity index (χ2n) is 4.64. The molecule has 0 atom stereocenters. The molecule has 2 aromatic rings. The average molecular weight is 360 g/mol. The van der Waals surface area contributed by atoms with Gasteiger partial charge in [0.25, 0.3) is 0 Å². The highest BCUT2D eigenvalue weighted by Crippen LogP contribution is 2.23. The third-order valence-electron chi connectivity index (χ3n) is 3.11. The van der Waals surface area contributed by atoms with Crippen LogP contribution in [0.2, 0.25) is 0 Å². The molecule has 0 spiro atoms. The molecular formula is C14H22ClN5O2S. The van der Waals surface area contributed by atoms with E-state index in [9.17, 15) is 0 Å². The van der Waals surface area contributed by atoms with E-state index >= 15 is 0 Å². The lowest BCUT2D eigenvalue weighted by Gasteiger charge is -2.11. The molecule has 0 fully saturated rings. The zero-order valence-electron chi connectivity index (χ0n) is 13.5. The fourth-order valence-corrected chi connectivity index (χ4v) is 2.74. The van der Waals surface area contributed by atoms with E-state index in [1.165, 1.54) is 0 Å². The van der Waals surface area contributed by atoms with Crippen molar-refractivity contribution in [3.05, 3.63) is 23.8 Å². The van der Waals surface area contributed by atoms with Crippen molar-refractivity contribution in [2.24, 2.45) is 7.05 Å². The highest BCUT2D eigenvalue weighted by atomic mass is 35.5. The number of aryl methyl sites for hydroxylation is 1. The summed E-state index contributed by atoms with van der Waals surface area (Å²) >= 11 is 1.66. The van der Waals surface area contributed by atoms with E-state index in [4.69, 9.17) is 9.47 Å². The highest BCUT2D eigenvalue weighted by Gasteiger charge is 2.05. The predicted octanol–water partition coefficient (Wildman–Crippen LogP) is 1.92. The van der Waals surface area contributed by atoms with Gasteiger partial charge in [-0.05, 0) is 41.6 Å². The van der Waals surface area contributed by atoms with Crippen LogP contribution in [-0.4, -0.2) is 46.7 Å². The lowest BCUT2D eigenvalue weighted by atomic mass is 10.2. The summed E-state index contributed by atoms with van der Waals surface area (Å²) in [5.74, 6) is 2.67. The number of hydrogen-bond acceptors (Lipinski definition) is 7. The van der Waals surface area contributed by atoms with Crippen molar-refractivity contribution in [1.29, 1.82) is 0 Å². The Kier molecular flexibility index (Phi) is 8.75. The number of rotatable bonds is 9. The smallest absolute Gasteiger partial charge is 0.209 e. The Balaban J connectivity index is 0.00000264. The number of halogens is 1. The second kappa shape index (κ2) is 10.3. The number of hydrogen-bond donors (Lipinski definition) is 1. The van der Waals surface area contributed by atoms with Crippen LogP contribution in [0.25, 0.3) is 0 Å². The third-order valence-corrected chi connectivity index (χ3v) is 4.21. The first-order valence-corrected chi connectivity index (χ1v) is 8.00. The van der Waals surface area contributed by atoms with Crippen LogP contribution in [0.5, 0.6) is 11.5 Å². The molecule has 0 saturated heterocycles. The quantitative estimate of drug-likeness (QED) is 0.541. The number of nitrogens with one attached hydrogen (secondary N) is 1. The molecule has 1 aromatic carbocycles. The van der Waals surface area contributed by atoms with Gasteiger partial charge >= 0.3 is 0 Å². The number of nitrogens with zero attached hydrogens (tertiary/aromatic N) is 4. The summed E-state index contributed by atoms with van der Waals surface area (Å²) in [6.45, 7) is 1.66. The summed E-state index contributed by atoms with van der Waals surface area (Å²) in [4.78, 5) is 0. The molecule has 0 unspecified atom stereocenters. The summed E-state index contributed by atoms with van der Waals surface area (Å²) in [5, 5.41) is 15.6. The molecular weight excluding hydrogens is 338 g/mol. The topological polar surface area (TPSA) is 74.1 Å². The minimum atomic E-state index is 0. The van der Waals surface area contributed by atoms with Crippen LogP contribution in [0, 0.1) is 0 Å². The standard InChI is InChI=1S/C14H21N5O2S.ClH/c1-19-14(16-17-18-19)22-8-4-7-15-10-11-9-12(20-2)5-6-13(11)21-3;/h5-6,9,15H,4,7-8,10H2,1-3H3;1H. The molecule has 7 nitrogen and oxygen atoms in total. The minimum absolute atomic E-state index is 0. The summed E-state index contributed by atoms with van der Waals surface area (Å²) in [6.07, 6.45) is 1.03. The maximum atomic E-state index is 5.36. The molecule has 0 aliphatic carbocycles. The second-order valence-corrected chi connectivity index (χ2v) is 5.70. The SMILES string of the molecule is COc1ccc(OC)c(CNCCCSc2nnnn2C)c1.Cl. The van der Waals surface area contributed by atoms with Crippen molar-refractivity contribution in [3.8, 4) is 11.5 Å². The number of benzene rings is 1. The zero-order valence-corrected chi connectivity index (χ0v) is 15.1. The first kappa shape index (κ1) is 19.5. The Bertz CT molecular complexity index is 596. The van der Waals surface area contributed by atoms with Gasteiger partial charge in [-0.25, -0.2) is 4.68 Å². The number of methoxy groups -OCH3 is 2. The predicted molar refractivity (Wildman–Crippen MR) is 92.6 cm³/mol. The fraction of sp³-hybridized carbons (Fsp3) is 0.500. The number of tetrazole rings is 1. The molecule has 0 radical (unpaired) electrons. The summed E-state index contributed by atoms with van der Waals surface area (Å²) < 4.78 is 12.3. The van der Waals surface area contributed by atoms with E-state index in [-0.39, 0.29) is 12.4 Å². The molecule has 0 bridgehead atoms. The van der Waals surface area contributed by atoms with Gasteiger partial charge in [-0.3, -0.25) is 0 Å². The molecule has 0 saturated carbocycles. The lowest BCUT2D eigenvalue weighted by Crippen LogP contribution is -2.16. The van der Waals surface area contributed by atoms with Crippen LogP contribution in [0.3, 0.4) is 0 Å². The Morgan fingerprint density at radius 3 is 2.74 bits per heavy atom. The van der Waals surface area contributed by atoms with Crippen LogP contribution in [0.1, 0.15) is 12.0 Å². The van der Waals surface area contributed by atoms with E-state index in [2.05, 4.69) is 20.8 Å². The summed E-state index contributed by atoms with van der Waals surface area (Å²) in [5.41, 5.74) is 1.09. The molecule has 1 heterocycles. The van der Waals surface area contributed by atoms with Crippen LogP contribution in [0.15, 0.2) is 23.4 Å². The van der Waals surface area contributed by atoms with Gasteiger partial charge in [-0.15, -0.1) is 17.5 Å². The molecule has 0 aliphatic heterocycles. The molecule has 128 valence electrons. The van der Waals surface area contributed by atoms with E-state index in [1.807, 2.05) is 25.2 Å². The fourth-order valence-electron chi connectivity index (χ4n) is 1.95. The van der Waals surface area contributed by atoms with Gasteiger partial charge in [0.15, 0.2) is 0 Å². The molecule has 0 aliphatic rings. The Hall–Kier alpha value is -1.51. The first-order chi connectivity index (χ1) is 10.7. The van der Waals surface area contributed by atoms with Gasteiger partial charge in [-0.1, -0.05) is 11.8 Å². The van der Waals surface area contributed by atoms with Crippen molar-refractivity contribution in [2.45, 2.75) is 18.1 Å². The third kappa shape index (κ3) is 5.89. The number of ether oxygens (including phenoxy) is 2. The maximum Gasteiger partial charge on any atom is 0.209 e. The van der Waals surface area contributed by atoms with E-state index in [0.29, 0.717) is 0 Å². The van der Waals surface area contributed by atoms with Gasteiger partial charge in [0.2, 0.25) is 5.16 Å². The normalized spacial score (nSPS) is 10.2. The number of thioether (sulfide) groups is 1. The first-order valence-electron chi connectivity index (χ1n) is 7.01. The summed E-state index contributed by atoms with van der Waals surface area (Å²) in [7, 11) is 5.18. The molecule has 0 amide bonds. The maximum absolute atomic E-state index is 5.36. The van der Waals surface area contributed by atoms with Gasteiger partial charge in [0.1, 0.15) is 11.5 Å². The monoisotopic (exact) mass is 359 g/mol. The van der Waals surface area contributed by atoms with Crippen molar-refractivity contribution in [1.82, 2.24) is 25.5 Å². The van der Waals surface area contributed by atoms with Gasteiger partial charge in [0.05, 0.1) is 14.2 Å². The average Bonchev–Trinajstić information content (AvgIpc) is 2.95. The van der Waals surface area contributed by atoms with Crippen LogP contribution in [0.4, 0.5) is 0 Å². The zero-order chi connectivity index (χ0) is 15.8. The summed E-state index contributed by atoms with van der Waals surface area (Å²) in [6, 6.07) is 5.81. The molecule has 23 heavy (non-hydrogen) atoms. The number of aromatic nitrogens is 4. The Morgan fingerprint density at radius 1 is 1.26 bits per heavy atom. The van der Waals surface area contributed by atoms with E-state index in [1.54, 1.807) is 30.7 Å². The van der Waals surface area contributed by atoms with Gasteiger partial charge in [0, 0.05) is 24.9 Å². The Morgan fingerprint density at radius 2 is 2.09 bits per heavy atom. The molecule has 1 N–H and O–H groups in total. The van der Waals surface area contributed by atoms with Crippen LogP contribution >= 0.6 is 24.2 Å². The minimum Gasteiger partial charge on any atom is -0.497 e. The molecule has 2 rings (SSSR count). The Labute approximate surface area is 146 Å². The molecule has 9 heteroatoms. The van der Waals surface area contributed by atoms with Crippen molar-refractivity contribution >= 4 is 24.2 Å². The van der Waals surface area contributed by atoms with E-state index < -0.39 is 0 Å². The largest absolute Gasteiger partial charge is 0.497 e.